The molecule has 0 radical (unpaired) electrons. The maximum Gasteiger partial charge on any atom is 0.145 e. The van der Waals surface area contributed by atoms with Crippen LogP contribution in [0.5, 0.6) is 11.5 Å². The zero-order valence-corrected chi connectivity index (χ0v) is 14.1. The van der Waals surface area contributed by atoms with E-state index in [4.69, 9.17) is 18.6 Å². The third-order valence-corrected chi connectivity index (χ3v) is 5.07. The maximum atomic E-state index is 6.27. The first-order chi connectivity index (χ1) is 12.3. The Morgan fingerprint density at radius 1 is 0.920 bits per heavy atom. The lowest BCUT2D eigenvalue weighted by Crippen LogP contribution is -2.11. The van der Waals surface area contributed by atoms with Gasteiger partial charge in [0, 0.05) is 28.7 Å². The lowest BCUT2D eigenvalue weighted by molar-refractivity contribution is 0.00794. The van der Waals surface area contributed by atoms with E-state index in [-0.39, 0.29) is 12.2 Å². The van der Waals surface area contributed by atoms with E-state index < -0.39 is 0 Å². The number of hydrogen-bond donors (Lipinski definition) is 0. The number of benzene rings is 2. The summed E-state index contributed by atoms with van der Waals surface area (Å²) in [6, 6.07) is 16.2. The van der Waals surface area contributed by atoms with Crippen LogP contribution in [0.15, 0.2) is 52.9 Å². The first kappa shape index (κ1) is 14.6. The molecule has 0 N–H and O–H groups in total. The zero-order valence-electron chi connectivity index (χ0n) is 14.1. The van der Waals surface area contributed by atoms with Crippen LogP contribution in [0.25, 0.3) is 11.3 Å². The van der Waals surface area contributed by atoms with Gasteiger partial charge in [-0.15, -0.1) is 0 Å². The Bertz CT molecular complexity index is 942. The highest BCUT2D eigenvalue weighted by Crippen LogP contribution is 2.56. The summed E-state index contributed by atoms with van der Waals surface area (Å²) in [7, 11) is 3.37. The second-order valence-electron chi connectivity index (χ2n) is 6.37. The number of rotatable bonds is 3. The van der Waals surface area contributed by atoms with E-state index in [9.17, 15) is 0 Å². The highest BCUT2D eigenvalue weighted by Gasteiger charge is 2.45. The van der Waals surface area contributed by atoms with Gasteiger partial charge in [0.1, 0.15) is 29.1 Å². The molecule has 2 atom stereocenters. The van der Waals surface area contributed by atoms with Gasteiger partial charge in [-0.05, 0) is 18.2 Å². The van der Waals surface area contributed by atoms with Crippen LogP contribution >= 0.6 is 0 Å². The van der Waals surface area contributed by atoms with Crippen LogP contribution in [0.4, 0.5) is 0 Å². The van der Waals surface area contributed by atoms with Gasteiger partial charge >= 0.3 is 0 Å². The molecule has 3 aromatic rings. The highest BCUT2D eigenvalue weighted by atomic mass is 16.5. The summed E-state index contributed by atoms with van der Waals surface area (Å²) in [6.07, 6.45) is 0.503. The Balaban J connectivity index is 1.67. The van der Waals surface area contributed by atoms with Crippen molar-refractivity contribution >= 4 is 0 Å². The second-order valence-corrected chi connectivity index (χ2v) is 6.37. The second kappa shape index (κ2) is 5.39. The summed E-state index contributed by atoms with van der Waals surface area (Å²) in [5.41, 5.74) is 4.38. The predicted octanol–water partition coefficient (Wildman–Crippen LogP) is 4.68. The van der Waals surface area contributed by atoms with E-state index >= 15 is 0 Å². The van der Waals surface area contributed by atoms with Crippen molar-refractivity contribution in [2.45, 2.75) is 18.6 Å². The van der Waals surface area contributed by atoms with Crippen LogP contribution in [0.1, 0.15) is 34.7 Å². The fourth-order valence-electron chi connectivity index (χ4n) is 3.97. The Hall–Kier alpha value is -2.72. The molecule has 2 aliphatic heterocycles. The van der Waals surface area contributed by atoms with Crippen molar-refractivity contribution in [1.29, 1.82) is 0 Å². The van der Waals surface area contributed by atoms with Gasteiger partial charge in [0.25, 0.3) is 0 Å². The van der Waals surface area contributed by atoms with E-state index in [2.05, 4.69) is 18.2 Å². The molecule has 3 heterocycles. The van der Waals surface area contributed by atoms with E-state index in [1.54, 1.807) is 14.2 Å². The molecular formula is C21H18O4. The van der Waals surface area contributed by atoms with Gasteiger partial charge in [-0.1, -0.05) is 30.3 Å². The maximum absolute atomic E-state index is 6.27. The quantitative estimate of drug-likeness (QED) is 0.697. The molecule has 2 bridgehead atoms. The smallest absolute Gasteiger partial charge is 0.145 e. The first-order valence-corrected chi connectivity index (χ1v) is 8.38. The van der Waals surface area contributed by atoms with Crippen molar-refractivity contribution < 1.29 is 18.6 Å². The van der Waals surface area contributed by atoms with E-state index in [0.29, 0.717) is 0 Å². The molecule has 0 spiro atoms. The largest absolute Gasteiger partial charge is 0.496 e. The third-order valence-electron chi connectivity index (χ3n) is 5.07. The third kappa shape index (κ3) is 2.04. The van der Waals surface area contributed by atoms with E-state index in [1.165, 1.54) is 5.56 Å². The minimum Gasteiger partial charge on any atom is -0.496 e. The van der Waals surface area contributed by atoms with Gasteiger partial charge in [0.2, 0.25) is 0 Å². The van der Waals surface area contributed by atoms with Crippen LogP contribution in [-0.2, 0) is 11.2 Å². The first-order valence-electron chi connectivity index (χ1n) is 8.38. The van der Waals surface area contributed by atoms with Crippen LogP contribution in [0, 0.1) is 0 Å². The lowest BCUT2D eigenvalue weighted by Gasteiger charge is -2.19. The normalized spacial score (nSPS) is 20.1. The molecule has 4 heteroatoms. The molecule has 25 heavy (non-hydrogen) atoms. The highest BCUT2D eigenvalue weighted by molar-refractivity contribution is 5.62. The molecule has 1 aromatic heterocycles. The summed E-state index contributed by atoms with van der Waals surface area (Å²) in [4.78, 5) is 0. The predicted molar refractivity (Wildman–Crippen MR) is 93.1 cm³/mol. The molecule has 2 unspecified atom stereocenters. The average molecular weight is 334 g/mol. The molecule has 0 aliphatic carbocycles. The van der Waals surface area contributed by atoms with Crippen LogP contribution in [-0.4, -0.2) is 14.2 Å². The number of ether oxygens (including phenoxy) is 3. The van der Waals surface area contributed by atoms with Crippen LogP contribution in [0.2, 0.25) is 0 Å². The zero-order chi connectivity index (χ0) is 17.0. The van der Waals surface area contributed by atoms with Gasteiger partial charge in [-0.2, -0.15) is 0 Å². The van der Waals surface area contributed by atoms with Crippen molar-refractivity contribution in [3.63, 3.8) is 0 Å². The summed E-state index contributed by atoms with van der Waals surface area (Å²) >= 11 is 0. The van der Waals surface area contributed by atoms with Gasteiger partial charge in [-0.3, -0.25) is 0 Å². The van der Waals surface area contributed by atoms with Gasteiger partial charge in [0.05, 0.1) is 20.3 Å². The topological polar surface area (TPSA) is 40.8 Å². The van der Waals surface area contributed by atoms with E-state index in [0.717, 1.165) is 46.1 Å². The fourth-order valence-corrected chi connectivity index (χ4v) is 3.97. The molecule has 5 rings (SSSR count). The molecule has 0 saturated carbocycles. The van der Waals surface area contributed by atoms with Crippen molar-refractivity contribution in [2.75, 3.05) is 14.2 Å². The molecule has 2 aliphatic rings. The van der Waals surface area contributed by atoms with Gasteiger partial charge in [0.15, 0.2) is 0 Å². The standard InChI is InChI=1S/C21H18O4/c1-22-14-8-9-15(23-2)19-18(14)17-11-13-10-16(12-6-4-3-5-7-12)24-20(13)21(19)25-17/h3-10,17,21H,11H2,1-2H3. The summed E-state index contributed by atoms with van der Waals surface area (Å²) in [6.45, 7) is 0. The van der Waals surface area contributed by atoms with Crippen LogP contribution < -0.4 is 9.47 Å². The Kier molecular flexibility index (Phi) is 3.15. The number of methoxy groups -OCH3 is 2. The SMILES string of the molecule is COc1ccc(OC)c2c1C1Cc3cc(-c4ccccc4)oc3C2O1. The molecule has 0 amide bonds. The Labute approximate surface area is 145 Å². The number of fused-ring (bicyclic) bond motifs is 7. The monoisotopic (exact) mass is 334 g/mol. The fraction of sp³-hybridized carbons (Fsp3) is 0.238. The van der Waals surface area contributed by atoms with Gasteiger partial charge in [-0.25, -0.2) is 0 Å². The van der Waals surface area contributed by atoms with Crippen molar-refractivity contribution in [1.82, 2.24) is 0 Å². The summed E-state index contributed by atoms with van der Waals surface area (Å²) in [5.74, 6) is 3.41. The minimum atomic E-state index is -0.244. The Morgan fingerprint density at radius 2 is 1.64 bits per heavy atom. The molecule has 0 saturated heterocycles. The lowest BCUT2D eigenvalue weighted by atomic mass is 10.00. The van der Waals surface area contributed by atoms with E-state index in [1.807, 2.05) is 30.3 Å². The van der Waals surface area contributed by atoms with Crippen molar-refractivity contribution in [2.24, 2.45) is 0 Å². The summed E-state index contributed by atoms with van der Waals surface area (Å²) < 4.78 is 23.7. The number of hydrogen-bond acceptors (Lipinski definition) is 4. The average Bonchev–Trinajstić information content (AvgIpc) is 3.23. The molecular weight excluding hydrogens is 316 g/mol. The molecule has 126 valence electrons. The van der Waals surface area contributed by atoms with Crippen LogP contribution in [0.3, 0.4) is 0 Å². The summed E-state index contributed by atoms with van der Waals surface area (Å²) in [5, 5.41) is 0. The van der Waals surface area contributed by atoms with Gasteiger partial charge < -0.3 is 18.6 Å². The van der Waals surface area contributed by atoms with Crippen molar-refractivity contribution in [3.05, 3.63) is 71.0 Å². The molecule has 0 fully saturated rings. The molecule has 4 nitrogen and oxygen atoms in total. The Morgan fingerprint density at radius 3 is 2.36 bits per heavy atom. The number of furan rings is 1. The van der Waals surface area contributed by atoms with Crippen molar-refractivity contribution in [3.8, 4) is 22.8 Å². The molecule has 2 aromatic carbocycles. The minimum absolute atomic E-state index is 0.0289.